The normalized spacial score (nSPS) is 10.3. The van der Waals surface area contributed by atoms with E-state index in [9.17, 15) is 14.0 Å². The van der Waals surface area contributed by atoms with Crippen LogP contribution in [0.5, 0.6) is 5.75 Å². The molecule has 0 saturated carbocycles. The van der Waals surface area contributed by atoms with Crippen LogP contribution in [0.1, 0.15) is 0 Å². The second-order valence-corrected chi connectivity index (χ2v) is 4.61. The van der Waals surface area contributed by atoms with Crippen molar-refractivity contribution in [3.8, 4) is 5.75 Å². The minimum absolute atomic E-state index is 0.106. The highest BCUT2D eigenvalue weighted by atomic mass is 35.5. The number of anilines is 1. The van der Waals surface area contributed by atoms with Crippen LogP contribution >= 0.6 is 11.6 Å². The van der Waals surface area contributed by atoms with Crippen LogP contribution in [0.15, 0.2) is 30.5 Å². The maximum Gasteiger partial charge on any atom is 0.325 e. The molecule has 0 radical (unpaired) electrons. The van der Waals surface area contributed by atoms with Crippen molar-refractivity contribution < 1.29 is 23.8 Å². The Labute approximate surface area is 129 Å². The molecule has 1 aromatic heterocycles. The van der Waals surface area contributed by atoms with Crippen molar-refractivity contribution >= 4 is 29.3 Å². The van der Waals surface area contributed by atoms with Crippen molar-refractivity contribution in [3.05, 3.63) is 41.3 Å². The van der Waals surface area contributed by atoms with Gasteiger partial charge >= 0.3 is 5.97 Å². The molecular weight excluding hydrogens is 317 g/mol. The van der Waals surface area contributed by atoms with E-state index in [1.54, 1.807) is 0 Å². The van der Waals surface area contributed by atoms with Gasteiger partial charge < -0.3 is 15.2 Å². The summed E-state index contributed by atoms with van der Waals surface area (Å²) < 4.78 is 19.3. The molecule has 0 aliphatic rings. The van der Waals surface area contributed by atoms with Crippen LogP contribution in [0.25, 0.3) is 0 Å². The van der Waals surface area contributed by atoms with Gasteiger partial charge in [-0.3, -0.25) is 14.3 Å². The molecule has 0 atom stereocenters. The second kappa shape index (κ2) is 6.90. The third kappa shape index (κ3) is 4.45. The largest absolute Gasteiger partial charge is 0.484 e. The van der Waals surface area contributed by atoms with Crippen LogP contribution in [0.3, 0.4) is 0 Å². The van der Waals surface area contributed by atoms with Crippen LogP contribution in [-0.2, 0) is 16.1 Å². The number of benzene rings is 1. The Hall–Kier alpha value is -2.61. The molecule has 0 fully saturated rings. The summed E-state index contributed by atoms with van der Waals surface area (Å²) in [6.07, 6.45) is 1.42. The van der Waals surface area contributed by atoms with Gasteiger partial charge in [0.05, 0.1) is 5.02 Å². The zero-order valence-corrected chi connectivity index (χ0v) is 11.9. The first kappa shape index (κ1) is 15.8. The van der Waals surface area contributed by atoms with Crippen molar-refractivity contribution in [2.45, 2.75) is 6.54 Å². The molecule has 2 N–H and O–H groups in total. The number of aromatic nitrogens is 2. The fourth-order valence-corrected chi connectivity index (χ4v) is 1.72. The predicted molar refractivity (Wildman–Crippen MR) is 75.4 cm³/mol. The highest BCUT2D eigenvalue weighted by Crippen LogP contribution is 2.20. The van der Waals surface area contributed by atoms with Gasteiger partial charge in [0.2, 0.25) is 0 Å². The molecule has 2 rings (SSSR count). The summed E-state index contributed by atoms with van der Waals surface area (Å²) in [6.45, 7) is -0.631. The van der Waals surface area contributed by atoms with Crippen molar-refractivity contribution in [1.82, 2.24) is 9.78 Å². The molecule has 1 aromatic carbocycles. The monoisotopic (exact) mass is 327 g/mol. The van der Waals surface area contributed by atoms with Gasteiger partial charge in [-0.05, 0) is 12.1 Å². The first-order valence-corrected chi connectivity index (χ1v) is 6.45. The number of nitrogens with one attached hydrogen (secondary N) is 1. The Morgan fingerprint density at radius 2 is 2.18 bits per heavy atom. The fourth-order valence-electron chi connectivity index (χ4n) is 1.55. The molecule has 116 valence electrons. The maximum absolute atomic E-state index is 13.0. The third-order valence-electron chi connectivity index (χ3n) is 2.47. The lowest BCUT2D eigenvalue weighted by Gasteiger charge is -2.06. The number of aliphatic carboxylic acids is 1. The lowest BCUT2D eigenvalue weighted by molar-refractivity contribution is -0.137. The Kier molecular flexibility index (Phi) is 4.95. The van der Waals surface area contributed by atoms with Crippen molar-refractivity contribution in [2.24, 2.45) is 0 Å². The Balaban J connectivity index is 1.86. The molecule has 0 aliphatic carbocycles. The van der Waals surface area contributed by atoms with Gasteiger partial charge in [0, 0.05) is 18.3 Å². The number of nitrogens with zero attached hydrogens (tertiary/aromatic N) is 2. The average Bonchev–Trinajstić information content (AvgIpc) is 2.86. The van der Waals surface area contributed by atoms with Crippen LogP contribution < -0.4 is 10.1 Å². The van der Waals surface area contributed by atoms with E-state index in [2.05, 4.69) is 10.4 Å². The summed E-state index contributed by atoms with van der Waals surface area (Å²) in [6, 6.07) is 5.18. The van der Waals surface area contributed by atoms with Crippen LogP contribution in [0.4, 0.5) is 10.2 Å². The number of hydrogen-bond donors (Lipinski definition) is 2. The quantitative estimate of drug-likeness (QED) is 0.843. The number of carboxylic acid groups (broad SMARTS) is 1. The topological polar surface area (TPSA) is 93.5 Å². The standard InChI is InChI=1S/C13H11ClFN3O4/c14-9-5-8(1-2-10(9)15)22-7-12(19)16-11-3-4-18(17-11)6-13(20)21/h1-5H,6-7H2,(H,20,21)(H,16,17,19). The summed E-state index contributed by atoms with van der Waals surface area (Å²) in [5.74, 6) is -1.68. The van der Waals surface area contributed by atoms with Crippen molar-refractivity contribution in [1.29, 1.82) is 0 Å². The number of carbonyl (C=O) groups excluding carboxylic acids is 1. The molecule has 0 spiro atoms. The van der Waals surface area contributed by atoms with Crippen molar-refractivity contribution in [2.75, 3.05) is 11.9 Å². The molecule has 0 saturated heterocycles. The van der Waals surface area contributed by atoms with Crippen molar-refractivity contribution in [3.63, 3.8) is 0 Å². The summed E-state index contributed by atoms with van der Waals surface area (Å²) in [7, 11) is 0. The Bertz CT molecular complexity index is 704. The molecule has 0 aliphatic heterocycles. The molecule has 0 unspecified atom stereocenters. The first-order chi connectivity index (χ1) is 10.4. The second-order valence-electron chi connectivity index (χ2n) is 4.21. The number of carbonyl (C=O) groups is 2. The summed E-state index contributed by atoms with van der Waals surface area (Å²) >= 11 is 5.59. The first-order valence-electron chi connectivity index (χ1n) is 6.07. The highest BCUT2D eigenvalue weighted by Gasteiger charge is 2.08. The van der Waals surface area contributed by atoms with Crippen LogP contribution in [0, 0.1) is 5.82 Å². The van der Waals surface area contributed by atoms with Gasteiger partial charge in [-0.1, -0.05) is 11.6 Å². The number of carboxylic acids is 1. The van der Waals surface area contributed by atoms with Gasteiger partial charge in [0.1, 0.15) is 18.1 Å². The SMILES string of the molecule is O=C(O)Cn1ccc(NC(=O)COc2ccc(F)c(Cl)c2)n1. The summed E-state index contributed by atoms with van der Waals surface area (Å²) in [5, 5.41) is 14.8. The molecule has 2 aromatic rings. The minimum Gasteiger partial charge on any atom is -0.484 e. The van der Waals surface area contributed by atoms with E-state index in [0.29, 0.717) is 0 Å². The number of hydrogen-bond acceptors (Lipinski definition) is 4. The molecule has 22 heavy (non-hydrogen) atoms. The molecule has 7 nitrogen and oxygen atoms in total. The summed E-state index contributed by atoms with van der Waals surface area (Å²) in [5.41, 5.74) is 0. The smallest absolute Gasteiger partial charge is 0.325 e. The predicted octanol–water partition coefficient (Wildman–Crippen LogP) is 1.78. The molecule has 9 heteroatoms. The van der Waals surface area contributed by atoms with E-state index in [0.717, 1.165) is 6.07 Å². The van der Waals surface area contributed by atoms with Gasteiger partial charge in [0.15, 0.2) is 12.4 Å². The fraction of sp³-hybridized carbons (Fsp3) is 0.154. The maximum atomic E-state index is 13.0. The zero-order valence-electron chi connectivity index (χ0n) is 11.1. The molecule has 1 amide bonds. The van der Waals surface area contributed by atoms with E-state index >= 15 is 0 Å². The lowest BCUT2D eigenvalue weighted by atomic mass is 10.3. The number of amides is 1. The highest BCUT2D eigenvalue weighted by molar-refractivity contribution is 6.30. The van der Waals surface area contributed by atoms with E-state index in [4.69, 9.17) is 21.4 Å². The Morgan fingerprint density at radius 1 is 1.41 bits per heavy atom. The van der Waals surface area contributed by atoms with Gasteiger partial charge in [0.25, 0.3) is 5.91 Å². The van der Waals surface area contributed by atoms with Gasteiger partial charge in [-0.2, -0.15) is 5.10 Å². The van der Waals surface area contributed by atoms with Gasteiger partial charge in [-0.15, -0.1) is 0 Å². The minimum atomic E-state index is -1.04. The van der Waals surface area contributed by atoms with E-state index in [1.807, 2.05) is 0 Å². The molecule has 1 heterocycles. The number of rotatable bonds is 6. The zero-order chi connectivity index (χ0) is 16.1. The number of halogens is 2. The molecule has 0 bridgehead atoms. The van der Waals surface area contributed by atoms with Gasteiger partial charge in [-0.25, -0.2) is 4.39 Å². The van der Waals surface area contributed by atoms with E-state index in [-0.39, 0.29) is 29.7 Å². The average molecular weight is 328 g/mol. The lowest BCUT2D eigenvalue weighted by Crippen LogP contribution is -2.20. The Morgan fingerprint density at radius 3 is 2.86 bits per heavy atom. The summed E-state index contributed by atoms with van der Waals surface area (Å²) in [4.78, 5) is 22.2. The number of ether oxygens (including phenoxy) is 1. The molecular formula is C13H11ClFN3O4. The van der Waals surface area contributed by atoms with E-state index < -0.39 is 17.7 Å². The van der Waals surface area contributed by atoms with Crippen LogP contribution in [-0.4, -0.2) is 33.4 Å². The van der Waals surface area contributed by atoms with E-state index in [1.165, 1.54) is 29.1 Å². The third-order valence-corrected chi connectivity index (χ3v) is 2.76. The van der Waals surface area contributed by atoms with Crippen LogP contribution in [0.2, 0.25) is 5.02 Å².